The van der Waals surface area contributed by atoms with Crippen LogP contribution in [0.5, 0.6) is 0 Å². The van der Waals surface area contributed by atoms with E-state index < -0.39 is 5.97 Å². The lowest BCUT2D eigenvalue weighted by molar-refractivity contribution is -0.154. The molecule has 0 radical (unpaired) electrons. The van der Waals surface area contributed by atoms with Gasteiger partial charge in [0.2, 0.25) is 5.78 Å². The molecule has 0 aliphatic carbocycles. The molecular weight excluding hydrogens is 500 g/mol. The topological polar surface area (TPSA) is 72.8 Å². The molecule has 5 heteroatoms. The van der Waals surface area contributed by atoms with E-state index in [2.05, 4.69) is 18.6 Å². The number of methoxy groups -OCH3 is 1. The fourth-order valence-electron chi connectivity index (χ4n) is 4.86. The number of esters is 1. The third-order valence-corrected chi connectivity index (χ3v) is 7.51. The molecule has 5 nitrogen and oxygen atoms in total. The fraction of sp³-hybridized carbons (Fsp3) is 0.943. The number of carbonyl (C=O) groups excluding carboxylic acids is 2. The average Bonchev–Trinajstić information content (AvgIpc) is 2.96. The number of unbranched alkanes of at least 4 members (excludes halogenated alkanes) is 24. The van der Waals surface area contributed by atoms with Crippen molar-refractivity contribution in [1.82, 2.24) is 0 Å². The van der Waals surface area contributed by atoms with Crippen molar-refractivity contribution in [3.63, 3.8) is 0 Å². The molecule has 0 aromatic carbocycles. The lowest BCUT2D eigenvalue weighted by atomic mass is 10.0. The van der Waals surface area contributed by atoms with Gasteiger partial charge in [-0.3, -0.25) is 4.79 Å². The predicted octanol–water partition coefficient (Wildman–Crippen LogP) is 10.3. The molecule has 0 unspecified atom stereocenters. The summed E-state index contributed by atoms with van der Waals surface area (Å²) in [6.45, 7) is 5.50. The first-order valence-electron chi connectivity index (χ1n) is 17.4. The Morgan fingerprint density at radius 1 is 0.475 bits per heavy atom. The van der Waals surface area contributed by atoms with Crippen molar-refractivity contribution in [3.8, 4) is 0 Å². The zero-order valence-electron chi connectivity index (χ0n) is 27.3. The molecule has 1 N–H and O–H groups in total. The Balaban J connectivity index is 0. The molecule has 0 spiro atoms. The highest BCUT2D eigenvalue weighted by atomic mass is 16.5. The van der Waals surface area contributed by atoms with Gasteiger partial charge in [0.05, 0.1) is 19.8 Å². The number of Topliss-reactive ketones (excluding diaryl/α,β-unsaturated/α-hetero) is 1. The minimum Gasteiger partial charge on any atom is -0.460 e. The zero-order chi connectivity index (χ0) is 29.8. The normalized spacial score (nSPS) is 10.8. The molecule has 40 heavy (non-hydrogen) atoms. The summed E-state index contributed by atoms with van der Waals surface area (Å²) in [6, 6.07) is 0. The van der Waals surface area contributed by atoms with Crippen LogP contribution in [0.1, 0.15) is 187 Å². The van der Waals surface area contributed by atoms with E-state index in [9.17, 15) is 9.59 Å². The van der Waals surface area contributed by atoms with Crippen molar-refractivity contribution < 1.29 is 24.2 Å². The van der Waals surface area contributed by atoms with Gasteiger partial charge >= 0.3 is 5.97 Å². The second-order valence-corrected chi connectivity index (χ2v) is 11.5. The van der Waals surface area contributed by atoms with Gasteiger partial charge in [0, 0.05) is 13.5 Å². The lowest BCUT2D eigenvalue weighted by Crippen LogP contribution is -2.17. The second-order valence-electron chi connectivity index (χ2n) is 11.5. The number of ketones is 1. The van der Waals surface area contributed by atoms with Crippen molar-refractivity contribution in [1.29, 1.82) is 0 Å². The number of hydrogen-bond donors (Lipinski definition) is 1. The van der Waals surface area contributed by atoms with Gasteiger partial charge in [0.25, 0.3) is 0 Å². The summed E-state index contributed by atoms with van der Waals surface area (Å²) in [7, 11) is 1.55. The molecule has 240 valence electrons. The summed E-state index contributed by atoms with van der Waals surface area (Å²) in [5.74, 6) is -0.940. The van der Waals surface area contributed by atoms with E-state index in [1.165, 1.54) is 141 Å². The summed E-state index contributed by atoms with van der Waals surface area (Å²) in [5, 5.41) is 7.94. The van der Waals surface area contributed by atoms with Crippen molar-refractivity contribution in [3.05, 3.63) is 0 Å². The first-order chi connectivity index (χ1) is 19.6. The number of hydrogen-bond acceptors (Lipinski definition) is 5. The molecule has 0 aliphatic heterocycles. The van der Waals surface area contributed by atoms with Gasteiger partial charge in [-0.1, -0.05) is 168 Å². The van der Waals surface area contributed by atoms with Gasteiger partial charge in [-0.15, -0.1) is 0 Å². The summed E-state index contributed by atoms with van der Waals surface area (Å²) >= 11 is 0. The van der Waals surface area contributed by atoms with E-state index in [0.29, 0.717) is 19.6 Å². The van der Waals surface area contributed by atoms with Crippen LogP contribution in [0.15, 0.2) is 0 Å². The predicted molar refractivity (Wildman–Crippen MR) is 171 cm³/mol. The lowest BCUT2D eigenvalue weighted by Gasteiger charge is -2.05. The van der Waals surface area contributed by atoms with Crippen molar-refractivity contribution in [2.45, 2.75) is 187 Å². The van der Waals surface area contributed by atoms with E-state index in [0.717, 1.165) is 25.7 Å². The molecule has 0 fully saturated rings. The summed E-state index contributed by atoms with van der Waals surface area (Å²) in [4.78, 5) is 23.8. The van der Waals surface area contributed by atoms with Gasteiger partial charge in [0.15, 0.2) is 0 Å². The molecule has 0 aromatic rings. The average molecular weight is 571 g/mol. The van der Waals surface area contributed by atoms with Crippen LogP contribution in [0, 0.1) is 0 Å². The minimum absolute atomic E-state index is 0.122. The maximum atomic E-state index is 11.9. The Kier molecular flexibility index (Phi) is 39.2. The number of ether oxygens (including phenoxy) is 2. The Bertz CT molecular complexity index is 492. The third kappa shape index (κ3) is 37.1. The van der Waals surface area contributed by atoms with Crippen LogP contribution < -0.4 is 0 Å². The molecule has 0 aromatic heterocycles. The fourth-order valence-corrected chi connectivity index (χ4v) is 4.86. The molecule has 0 heterocycles. The Hall–Kier alpha value is -0.940. The summed E-state index contributed by atoms with van der Waals surface area (Å²) < 4.78 is 9.62. The molecule has 0 saturated carbocycles. The Morgan fingerprint density at radius 3 is 1.10 bits per heavy atom. The highest BCUT2D eigenvalue weighted by Gasteiger charge is 2.14. The molecule has 0 atom stereocenters. The van der Waals surface area contributed by atoms with Crippen molar-refractivity contribution in [2.24, 2.45) is 0 Å². The van der Waals surface area contributed by atoms with E-state index in [1.807, 2.05) is 0 Å². The van der Waals surface area contributed by atoms with Crippen LogP contribution >= 0.6 is 0 Å². The maximum Gasteiger partial charge on any atom is 0.374 e. The largest absolute Gasteiger partial charge is 0.460 e. The molecule has 0 saturated heterocycles. The van der Waals surface area contributed by atoms with Gasteiger partial charge in [0.1, 0.15) is 0 Å². The van der Waals surface area contributed by atoms with E-state index in [4.69, 9.17) is 9.84 Å². The van der Waals surface area contributed by atoms with E-state index in [-0.39, 0.29) is 12.4 Å². The SMILES string of the molecule is CCCCCCCCCCCCCCCCOC(=O)C(=O)CCCCCCCCCCCCCC.COCCO. The molecular formula is C35H70O5. The Labute approximate surface area is 249 Å². The van der Waals surface area contributed by atoms with E-state index in [1.54, 1.807) is 7.11 Å². The van der Waals surface area contributed by atoms with Gasteiger partial charge in [-0.2, -0.15) is 0 Å². The monoisotopic (exact) mass is 571 g/mol. The first kappa shape index (κ1) is 41.2. The maximum absolute atomic E-state index is 11.9. The van der Waals surface area contributed by atoms with Crippen molar-refractivity contribution in [2.75, 3.05) is 26.9 Å². The zero-order valence-corrected chi connectivity index (χ0v) is 27.3. The van der Waals surface area contributed by atoms with Crippen LogP contribution in [-0.2, 0) is 19.1 Å². The highest BCUT2D eigenvalue weighted by molar-refractivity contribution is 6.33. The van der Waals surface area contributed by atoms with Crippen molar-refractivity contribution >= 4 is 11.8 Å². The van der Waals surface area contributed by atoms with Crippen LogP contribution in [-0.4, -0.2) is 43.8 Å². The van der Waals surface area contributed by atoms with Gasteiger partial charge in [-0.25, -0.2) is 4.79 Å². The van der Waals surface area contributed by atoms with Crippen LogP contribution in [0.4, 0.5) is 0 Å². The van der Waals surface area contributed by atoms with Crippen LogP contribution in [0.3, 0.4) is 0 Å². The van der Waals surface area contributed by atoms with Gasteiger partial charge < -0.3 is 14.6 Å². The minimum atomic E-state index is -0.609. The first-order valence-corrected chi connectivity index (χ1v) is 17.4. The third-order valence-electron chi connectivity index (χ3n) is 7.51. The molecule has 0 bridgehead atoms. The van der Waals surface area contributed by atoms with E-state index >= 15 is 0 Å². The molecule has 0 aliphatic rings. The number of rotatable bonds is 31. The molecule has 0 rings (SSSR count). The smallest absolute Gasteiger partial charge is 0.374 e. The second kappa shape index (κ2) is 38.1. The summed E-state index contributed by atoms with van der Waals surface area (Å²) in [6.07, 6.45) is 33.9. The number of aliphatic hydroxyl groups is 1. The molecule has 0 amide bonds. The van der Waals surface area contributed by atoms with Crippen LogP contribution in [0.25, 0.3) is 0 Å². The number of aliphatic hydroxyl groups excluding tert-OH is 1. The quantitative estimate of drug-likeness (QED) is 0.0510. The summed E-state index contributed by atoms with van der Waals surface area (Å²) in [5.41, 5.74) is 0. The number of carbonyl (C=O) groups is 2. The highest BCUT2D eigenvalue weighted by Crippen LogP contribution is 2.14. The van der Waals surface area contributed by atoms with Crippen LogP contribution in [0.2, 0.25) is 0 Å². The Morgan fingerprint density at radius 2 is 0.800 bits per heavy atom. The standard InChI is InChI=1S/C32H62O3.C3H8O2/c1-3-5-7-9-11-13-15-17-18-20-22-24-26-28-30-35-32(34)31(33)29-27-25-23-21-19-16-14-12-10-8-6-4-2;1-5-3-2-4/h3-30H2,1-2H3;4H,2-3H2,1H3. The van der Waals surface area contributed by atoms with Gasteiger partial charge in [-0.05, 0) is 12.8 Å².